The Morgan fingerprint density at radius 2 is 1.96 bits per heavy atom. The largest absolute Gasteiger partial charge is 0.388 e. The van der Waals surface area contributed by atoms with Crippen LogP contribution in [0.15, 0.2) is 0 Å². The molecule has 0 aromatic rings. The van der Waals surface area contributed by atoms with Gasteiger partial charge in [-0.05, 0) is 39.0 Å². The molecule has 2 aliphatic heterocycles. The first kappa shape index (κ1) is 26.2. The van der Waals surface area contributed by atoms with E-state index in [0.29, 0.717) is 5.92 Å². The van der Waals surface area contributed by atoms with Gasteiger partial charge in [0, 0.05) is 6.54 Å². The molecule has 1 unspecified atom stereocenters. The number of carbonyl (C=O) groups excluding carboxylic acids is 1. The van der Waals surface area contributed by atoms with Gasteiger partial charge in [0.2, 0.25) is 5.91 Å². The Balaban J connectivity index is 0.00000392. The van der Waals surface area contributed by atoms with Crippen LogP contribution in [0.5, 0.6) is 0 Å². The van der Waals surface area contributed by atoms with Crippen molar-refractivity contribution in [2.45, 2.75) is 80.4 Å². The van der Waals surface area contributed by atoms with Crippen molar-refractivity contribution in [2.24, 2.45) is 5.92 Å². The minimum absolute atomic E-state index is 0. The average molecular weight is 461 g/mol. The maximum Gasteiger partial charge on any atom is 0.237 e. The van der Waals surface area contributed by atoms with Gasteiger partial charge in [0.25, 0.3) is 0 Å². The lowest BCUT2D eigenvalue weighted by atomic mass is 9.92. The number of likely N-dealkylation sites (N-methyl/N-ethyl adjacent to an activating group) is 1. The topological polar surface area (TPSA) is 102 Å². The van der Waals surface area contributed by atoms with Gasteiger partial charge in [0.05, 0.1) is 17.5 Å². The van der Waals surface area contributed by atoms with Gasteiger partial charge in [-0.25, -0.2) is 0 Å². The number of hydrogen-bond acceptors (Lipinski definition) is 7. The van der Waals surface area contributed by atoms with Crippen molar-refractivity contribution in [1.29, 1.82) is 0 Å². The minimum atomic E-state index is -1.36. The molecule has 2 fully saturated rings. The fraction of sp³-hybridized carbons (Fsp3) is 0.944. The van der Waals surface area contributed by atoms with Crippen LogP contribution in [0.3, 0.4) is 0 Å². The number of likely N-dealkylation sites (tertiary alicyclic amines) is 1. The van der Waals surface area contributed by atoms with E-state index < -0.39 is 41.3 Å². The third kappa shape index (κ3) is 5.88. The van der Waals surface area contributed by atoms with Crippen molar-refractivity contribution in [3.63, 3.8) is 0 Å². The third-order valence-electron chi connectivity index (χ3n) is 5.63. The molecule has 0 bridgehead atoms. The molecule has 2 saturated heterocycles. The van der Waals surface area contributed by atoms with E-state index in [1.54, 1.807) is 13.2 Å². The Morgan fingerprint density at radius 1 is 1.32 bits per heavy atom. The fourth-order valence-electron chi connectivity index (χ4n) is 4.11. The number of halogens is 2. The van der Waals surface area contributed by atoms with E-state index >= 15 is 0 Å². The van der Waals surface area contributed by atoms with Crippen LogP contribution in [0.4, 0.5) is 0 Å². The van der Waals surface area contributed by atoms with Crippen LogP contribution in [0.1, 0.15) is 33.1 Å². The van der Waals surface area contributed by atoms with Crippen LogP contribution < -0.4 is 5.32 Å². The Hall–Kier alpha value is 0.200. The molecule has 0 aromatic carbocycles. The van der Waals surface area contributed by atoms with E-state index in [9.17, 15) is 20.1 Å². The summed E-state index contributed by atoms with van der Waals surface area (Å²) in [6.45, 7) is 4.74. The zero-order valence-electron chi connectivity index (χ0n) is 16.8. The predicted molar refractivity (Wildman–Crippen MR) is 114 cm³/mol. The highest BCUT2D eigenvalue weighted by molar-refractivity contribution is 7.99. The highest BCUT2D eigenvalue weighted by atomic mass is 35.5. The average Bonchev–Trinajstić information content (AvgIpc) is 2.99. The van der Waals surface area contributed by atoms with Gasteiger partial charge >= 0.3 is 0 Å². The molecule has 0 radical (unpaired) electrons. The molecule has 28 heavy (non-hydrogen) atoms. The number of alkyl halides is 1. The molecule has 4 N–H and O–H groups in total. The van der Waals surface area contributed by atoms with E-state index in [4.69, 9.17) is 16.3 Å². The summed E-state index contributed by atoms with van der Waals surface area (Å²) in [5.74, 6) is 0.350. The summed E-state index contributed by atoms with van der Waals surface area (Å²) in [5, 5.41) is 33.0. The van der Waals surface area contributed by atoms with Crippen LogP contribution >= 0.6 is 35.8 Å². The van der Waals surface area contributed by atoms with Crippen molar-refractivity contribution in [1.82, 2.24) is 10.2 Å². The molecule has 2 rings (SSSR count). The van der Waals surface area contributed by atoms with E-state index in [2.05, 4.69) is 12.2 Å². The monoisotopic (exact) mass is 460 g/mol. The van der Waals surface area contributed by atoms with Crippen molar-refractivity contribution < 1.29 is 24.9 Å². The number of aliphatic hydroxyl groups is 3. The van der Waals surface area contributed by atoms with Crippen LogP contribution in [0, 0.1) is 5.92 Å². The number of thioether (sulfide) groups is 1. The Bertz CT molecular complexity index is 503. The third-order valence-corrected chi connectivity index (χ3v) is 6.76. The van der Waals surface area contributed by atoms with Gasteiger partial charge in [-0.3, -0.25) is 9.69 Å². The second-order valence-electron chi connectivity index (χ2n) is 7.73. The Labute approximate surface area is 182 Å². The van der Waals surface area contributed by atoms with Gasteiger partial charge in [0.1, 0.15) is 29.9 Å². The van der Waals surface area contributed by atoms with Crippen LogP contribution in [-0.2, 0) is 9.53 Å². The molecule has 0 saturated carbocycles. The number of hydrogen-bond donors (Lipinski definition) is 4. The molecule has 2 aliphatic rings. The second kappa shape index (κ2) is 11.6. The van der Waals surface area contributed by atoms with Crippen molar-refractivity contribution in [2.75, 3.05) is 19.8 Å². The number of aliphatic hydroxyl groups excluding tert-OH is 3. The summed E-state index contributed by atoms with van der Waals surface area (Å²) in [5.41, 5.74) is -0.702. The van der Waals surface area contributed by atoms with Crippen LogP contribution in [-0.4, -0.2) is 93.3 Å². The van der Waals surface area contributed by atoms with Crippen molar-refractivity contribution >= 4 is 41.7 Å². The van der Waals surface area contributed by atoms with Gasteiger partial charge in [0.15, 0.2) is 0 Å². The summed E-state index contributed by atoms with van der Waals surface area (Å²) >= 11 is 7.55. The molecule has 7 nitrogen and oxygen atoms in total. The number of carbonyl (C=O) groups is 1. The molecule has 10 heteroatoms. The fourth-order valence-corrected chi connectivity index (χ4v) is 5.00. The molecular weight excluding hydrogens is 427 g/mol. The number of amides is 1. The lowest BCUT2D eigenvalue weighted by molar-refractivity contribution is -0.205. The zero-order chi connectivity index (χ0) is 20.3. The van der Waals surface area contributed by atoms with E-state index in [1.807, 2.05) is 11.9 Å². The highest BCUT2D eigenvalue weighted by Crippen LogP contribution is 2.31. The summed E-state index contributed by atoms with van der Waals surface area (Å²) in [6, 6.07) is -0.934. The molecule has 0 aromatic heterocycles. The molecule has 0 spiro atoms. The van der Waals surface area contributed by atoms with Crippen LogP contribution in [0.2, 0.25) is 0 Å². The summed E-state index contributed by atoms with van der Waals surface area (Å²) in [7, 11) is 1.94. The first-order valence-corrected chi connectivity index (χ1v) is 11.3. The lowest BCUT2D eigenvalue weighted by Gasteiger charge is -2.44. The number of rotatable bonds is 7. The summed E-state index contributed by atoms with van der Waals surface area (Å²) < 4.78 is 5.79. The first-order valence-electron chi connectivity index (χ1n) is 9.58. The summed E-state index contributed by atoms with van der Waals surface area (Å²) in [4.78, 5) is 14.9. The first-order chi connectivity index (χ1) is 12.7. The smallest absolute Gasteiger partial charge is 0.237 e. The predicted octanol–water partition coefficient (Wildman–Crippen LogP) is 0.811. The normalized spacial score (nSPS) is 38.5. The Morgan fingerprint density at radius 3 is 2.50 bits per heavy atom. The highest BCUT2D eigenvalue weighted by Gasteiger charge is 2.48. The molecular formula is C18H34Cl2N2O5S. The van der Waals surface area contributed by atoms with Gasteiger partial charge in [-0.2, -0.15) is 0 Å². The van der Waals surface area contributed by atoms with Gasteiger partial charge < -0.3 is 25.4 Å². The lowest BCUT2D eigenvalue weighted by Crippen LogP contribution is -2.65. The van der Waals surface area contributed by atoms with E-state index in [0.717, 1.165) is 25.8 Å². The SMILES string of the molecule is CCC[C@@H]1C[C@@H](C(=O)N[C@@H](C(C)Cl)[C@H]2O[C@@H](SC)[C@H](O)[C@@H](O)[C@H]2O)N(C)C1.Cl. The number of nitrogens with zero attached hydrogens (tertiary/aromatic N) is 1. The van der Waals surface area contributed by atoms with Crippen molar-refractivity contribution in [3.8, 4) is 0 Å². The summed E-state index contributed by atoms with van der Waals surface area (Å²) in [6.07, 6.45) is -0.0980. The number of nitrogens with one attached hydrogen (secondary N) is 1. The molecule has 0 aliphatic carbocycles. The van der Waals surface area contributed by atoms with E-state index in [1.165, 1.54) is 11.8 Å². The Kier molecular flexibility index (Phi) is 10.8. The van der Waals surface area contributed by atoms with Crippen molar-refractivity contribution in [3.05, 3.63) is 0 Å². The number of ether oxygens (including phenoxy) is 1. The zero-order valence-corrected chi connectivity index (χ0v) is 19.2. The quantitative estimate of drug-likeness (QED) is 0.416. The van der Waals surface area contributed by atoms with E-state index in [-0.39, 0.29) is 24.4 Å². The standard InChI is InChI=1S/C18H33ClN2O5S.ClH/c1-5-6-10-7-11(21(3)8-10)17(25)20-12(9(2)19)16-14(23)13(22)15(24)18(26-16)27-4;/h9-16,18,22-24H,5-8H2,1-4H3,(H,20,25);1H/t9?,10-,11+,12+,13+,14-,15-,16-,18+;/m1./s1. The maximum atomic E-state index is 12.9. The maximum absolute atomic E-state index is 12.9. The van der Waals surface area contributed by atoms with Gasteiger partial charge in [-0.15, -0.1) is 35.8 Å². The van der Waals surface area contributed by atoms with Crippen LogP contribution in [0.25, 0.3) is 0 Å². The molecule has 9 atom stereocenters. The minimum Gasteiger partial charge on any atom is -0.388 e. The second-order valence-corrected chi connectivity index (χ2v) is 9.36. The molecule has 166 valence electrons. The van der Waals surface area contributed by atoms with Gasteiger partial charge in [-0.1, -0.05) is 13.3 Å². The molecule has 1 amide bonds. The molecule has 2 heterocycles.